The van der Waals surface area contributed by atoms with Crippen LogP contribution >= 0.6 is 0 Å². The van der Waals surface area contributed by atoms with Gasteiger partial charge in [0.05, 0.1) is 23.5 Å². The second-order valence-corrected chi connectivity index (χ2v) is 18.7. The van der Waals surface area contributed by atoms with Gasteiger partial charge in [-0.2, -0.15) is 0 Å². The molecule has 3 aliphatic carbocycles. The Balaban J connectivity index is 1.45. The van der Waals surface area contributed by atoms with E-state index in [-0.39, 0.29) is 28.7 Å². The SMILES string of the molecule is COCC(=O)O[C@@H](C(=O)O[C@H]1C[C@@]2(O)[C@@H](OC(=O)c3ccccc3)[C@@H]3[C@]4(OC(C)=O)CO[C@@H]4C[C@H](OC(N)=O)[C@@]3(C)C(=O)[C@H](OC(C)=O)C(=C1C)C2(C)C)[C@@H](NC(=O)c1ccccc1)c1ccccc1. The molecule has 1 heterocycles. The van der Waals surface area contributed by atoms with Crippen LogP contribution in [0.4, 0.5) is 4.79 Å². The lowest BCUT2D eigenvalue weighted by Crippen LogP contribution is -2.82. The minimum absolute atomic E-state index is 0.0106. The van der Waals surface area contributed by atoms with Crippen LogP contribution in [-0.2, 0) is 61.9 Å². The maximum absolute atomic E-state index is 15.9. The fraction of sp³-hybridized carbons (Fsp3) is 0.451. The van der Waals surface area contributed by atoms with Crippen LogP contribution < -0.4 is 11.1 Å². The highest BCUT2D eigenvalue weighted by atomic mass is 16.6. The zero-order valence-electron chi connectivity index (χ0n) is 39.7. The molecule has 4 N–H and O–H groups in total. The van der Waals surface area contributed by atoms with E-state index in [1.165, 1.54) is 59.1 Å². The lowest BCUT2D eigenvalue weighted by molar-refractivity contribution is -0.345. The number of nitrogens with two attached hydrogens (primary N) is 1. The number of primary amides is 1. The number of carbonyl (C=O) groups is 8. The summed E-state index contributed by atoms with van der Waals surface area (Å²) in [6.07, 6.45) is -12.4. The predicted octanol–water partition coefficient (Wildman–Crippen LogP) is 4.04. The molecule has 1 saturated heterocycles. The third kappa shape index (κ3) is 9.15. The second kappa shape index (κ2) is 19.8. The molecule has 0 radical (unpaired) electrons. The summed E-state index contributed by atoms with van der Waals surface area (Å²) in [6, 6.07) is 22.5. The minimum atomic E-state index is -2.52. The molecule has 2 saturated carbocycles. The molecule has 7 rings (SSSR count). The van der Waals surface area contributed by atoms with E-state index in [1.54, 1.807) is 66.7 Å². The number of esters is 5. The lowest BCUT2D eigenvalue weighted by Gasteiger charge is -2.67. The average molecular weight is 969 g/mol. The van der Waals surface area contributed by atoms with Crippen LogP contribution in [0.2, 0.25) is 0 Å². The van der Waals surface area contributed by atoms with Gasteiger partial charge in [0, 0.05) is 44.8 Å². The number of Topliss-reactive ketones (excluding diaryl/α,β-unsaturated/α-hetero) is 1. The van der Waals surface area contributed by atoms with E-state index < -0.39 is 138 Å². The summed E-state index contributed by atoms with van der Waals surface area (Å²) in [5.41, 5.74) is -2.20. The fourth-order valence-corrected chi connectivity index (χ4v) is 10.9. The van der Waals surface area contributed by atoms with Gasteiger partial charge in [0.15, 0.2) is 17.5 Å². The Kier molecular flexibility index (Phi) is 14.4. The number of hydrogen-bond donors (Lipinski definition) is 3. The number of methoxy groups -OCH3 is 1. The molecule has 2 amide bonds. The third-order valence-corrected chi connectivity index (χ3v) is 14.2. The Morgan fingerprint density at radius 2 is 1.43 bits per heavy atom. The number of fused-ring (bicyclic) bond motifs is 5. The molecule has 0 unspecified atom stereocenters. The Bertz CT molecular complexity index is 2570. The average Bonchev–Trinajstić information content (AvgIpc) is 3.31. The van der Waals surface area contributed by atoms with E-state index in [1.807, 2.05) is 0 Å². The van der Waals surface area contributed by atoms with Gasteiger partial charge in [0.2, 0.25) is 6.10 Å². The number of amides is 2. The van der Waals surface area contributed by atoms with Crippen LogP contribution in [0.15, 0.2) is 102 Å². The van der Waals surface area contributed by atoms with Gasteiger partial charge in [-0.15, -0.1) is 0 Å². The van der Waals surface area contributed by atoms with Gasteiger partial charge in [0.1, 0.15) is 42.7 Å². The quantitative estimate of drug-likeness (QED) is 0.117. The molecule has 2 bridgehead atoms. The van der Waals surface area contributed by atoms with Crippen LogP contribution in [0.3, 0.4) is 0 Å². The van der Waals surface area contributed by atoms with E-state index >= 15 is 9.59 Å². The zero-order valence-corrected chi connectivity index (χ0v) is 39.7. The van der Waals surface area contributed by atoms with Crippen molar-refractivity contribution in [2.24, 2.45) is 22.5 Å². The maximum atomic E-state index is 15.9. The molecule has 4 aliphatic rings. The van der Waals surface area contributed by atoms with Crippen molar-refractivity contribution in [3.05, 3.63) is 119 Å². The van der Waals surface area contributed by atoms with Crippen molar-refractivity contribution in [1.82, 2.24) is 5.32 Å². The molecule has 11 atom stereocenters. The number of nitrogens with one attached hydrogen (secondary N) is 1. The first kappa shape index (κ1) is 50.9. The summed E-state index contributed by atoms with van der Waals surface area (Å²) in [4.78, 5) is 112. The van der Waals surface area contributed by atoms with Crippen molar-refractivity contribution in [1.29, 1.82) is 0 Å². The largest absolute Gasteiger partial charge is 0.455 e. The van der Waals surface area contributed by atoms with Gasteiger partial charge >= 0.3 is 35.9 Å². The van der Waals surface area contributed by atoms with Gasteiger partial charge in [0.25, 0.3) is 5.91 Å². The highest BCUT2D eigenvalue weighted by Gasteiger charge is 2.79. The summed E-state index contributed by atoms with van der Waals surface area (Å²) in [5, 5.41) is 16.8. The van der Waals surface area contributed by atoms with Crippen molar-refractivity contribution in [2.45, 2.75) is 108 Å². The predicted molar refractivity (Wildman–Crippen MR) is 242 cm³/mol. The minimum Gasteiger partial charge on any atom is -0.455 e. The van der Waals surface area contributed by atoms with E-state index in [9.17, 15) is 33.9 Å². The molecule has 0 spiro atoms. The third-order valence-electron chi connectivity index (χ3n) is 14.2. The van der Waals surface area contributed by atoms with Crippen molar-refractivity contribution in [2.75, 3.05) is 20.3 Å². The van der Waals surface area contributed by atoms with Crippen LogP contribution in [0.25, 0.3) is 0 Å². The van der Waals surface area contributed by atoms with Crippen molar-refractivity contribution < 1.29 is 81.4 Å². The zero-order chi connectivity index (χ0) is 50.9. The monoisotopic (exact) mass is 968 g/mol. The van der Waals surface area contributed by atoms with Crippen molar-refractivity contribution in [3.63, 3.8) is 0 Å². The molecule has 3 aromatic rings. The van der Waals surface area contributed by atoms with Crippen LogP contribution in [0.1, 0.15) is 86.7 Å². The number of ether oxygens (including phenoxy) is 8. The Morgan fingerprint density at radius 3 is 1.97 bits per heavy atom. The summed E-state index contributed by atoms with van der Waals surface area (Å²) in [5.74, 6) is -8.34. The molecule has 3 aromatic carbocycles. The van der Waals surface area contributed by atoms with Gasteiger partial charge in [-0.3, -0.25) is 19.2 Å². The fourth-order valence-electron chi connectivity index (χ4n) is 10.9. The van der Waals surface area contributed by atoms with E-state index in [0.29, 0.717) is 5.56 Å². The standard InChI is InChI=1S/C51H56N2O17/c1-27-33(66-46(60)40(68-36(56)25-63-7)38(30-17-11-8-12-18-30)53-44(58)31-19-13-9-14-20-31)24-51(62)43(69-45(59)32-21-15-10-16-22-32)41-49(6,42(57)39(65-28(2)54)37(27)48(51,4)5)34(67-47(52)61)23-35-50(41,26-64-35)70-29(3)55/h8-22,33-35,38-41,43,62H,23-26H2,1-7H3,(H2,52,61)(H,53,58)/t33-,34-,35+,38-,39+,40+,41-,43-,49+,50-,51+/m0/s1. The van der Waals surface area contributed by atoms with E-state index in [2.05, 4.69) is 5.32 Å². The number of aliphatic hydroxyl groups is 1. The molecule has 372 valence electrons. The molecule has 1 aliphatic heterocycles. The van der Waals surface area contributed by atoms with Crippen LogP contribution in [0, 0.1) is 16.7 Å². The maximum Gasteiger partial charge on any atom is 0.404 e. The second-order valence-electron chi connectivity index (χ2n) is 18.7. The molecule has 19 nitrogen and oxygen atoms in total. The van der Waals surface area contributed by atoms with Gasteiger partial charge in [-0.1, -0.05) is 80.6 Å². The van der Waals surface area contributed by atoms with Crippen LogP contribution in [0.5, 0.6) is 0 Å². The number of carbonyl (C=O) groups excluding carboxylic acids is 8. The summed E-state index contributed by atoms with van der Waals surface area (Å²) in [6.45, 7) is 7.04. The number of ketones is 1. The Hall–Kier alpha value is -6.96. The smallest absolute Gasteiger partial charge is 0.404 e. The molecule has 19 heteroatoms. The topological polar surface area (TPSA) is 269 Å². The first-order chi connectivity index (χ1) is 33.1. The van der Waals surface area contributed by atoms with Crippen molar-refractivity contribution in [3.8, 4) is 0 Å². The normalized spacial score (nSPS) is 29.3. The van der Waals surface area contributed by atoms with Gasteiger partial charge < -0.3 is 54.1 Å². The first-order valence-electron chi connectivity index (χ1n) is 22.6. The highest BCUT2D eigenvalue weighted by Crippen LogP contribution is 2.65. The van der Waals surface area contributed by atoms with Gasteiger partial charge in [-0.25, -0.2) is 19.2 Å². The van der Waals surface area contributed by atoms with Crippen molar-refractivity contribution >= 4 is 47.6 Å². The number of rotatable bonds is 14. The first-order valence-corrected chi connectivity index (χ1v) is 22.6. The number of hydrogen-bond acceptors (Lipinski definition) is 17. The van der Waals surface area contributed by atoms with E-state index in [4.69, 9.17) is 43.6 Å². The molecular formula is C51H56N2O17. The summed E-state index contributed by atoms with van der Waals surface area (Å²) < 4.78 is 47.3. The molecule has 0 aromatic heterocycles. The molecule has 3 fully saturated rings. The van der Waals surface area contributed by atoms with Crippen LogP contribution in [-0.4, -0.2) is 121 Å². The summed E-state index contributed by atoms with van der Waals surface area (Å²) >= 11 is 0. The van der Waals surface area contributed by atoms with E-state index in [0.717, 1.165) is 13.8 Å². The number of benzene rings is 3. The summed E-state index contributed by atoms with van der Waals surface area (Å²) in [7, 11) is 1.23. The Labute approximate surface area is 403 Å². The molecular weight excluding hydrogens is 913 g/mol. The lowest BCUT2D eigenvalue weighted by atomic mass is 9.44. The molecule has 70 heavy (non-hydrogen) atoms. The Morgan fingerprint density at radius 1 is 0.829 bits per heavy atom. The van der Waals surface area contributed by atoms with Gasteiger partial charge in [-0.05, 0) is 54.8 Å². The highest BCUT2D eigenvalue weighted by molar-refractivity contribution is 5.96.